The summed E-state index contributed by atoms with van der Waals surface area (Å²) in [5.74, 6) is 1.02. The predicted molar refractivity (Wildman–Crippen MR) is 90.4 cm³/mol. The molecule has 1 aromatic rings. The molecule has 3 nitrogen and oxygen atoms in total. The van der Waals surface area contributed by atoms with Crippen LogP contribution < -0.4 is 5.01 Å². The molecule has 0 bridgehead atoms. The molecule has 21 heavy (non-hydrogen) atoms. The lowest BCUT2D eigenvalue weighted by Gasteiger charge is -2.40. The van der Waals surface area contributed by atoms with Crippen LogP contribution in [0.15, 0.2) is 42.0 Å². The number of piperidine rings is 1. The fourth-order valence-corrected chi connectivity index (χ4v) is 3.08. The molecule has 2 heterocycles. The Hall–Kier alpha value is -1.87. The molecule has 0 unspecified atom stereocenters. The number of fused-ring (bicyclic) bond motifs is 1. The summed E-state index contributed by atoms with van der Waals surface area (Å²) in [5, 5.41) is 4.71. The number of nitrogens with zero attached hydrogens (tertiary/aromatic N) is 3. The van der Waals surface area contributed by atoms with E-state index in [1.165, 1.54) is 36.1 Å². The Morgan fingerprint density at radius 1 is 1.10 bits per heavy atom. The number of hydrogen-bond acceptors (Lipinski definition) is 3. The minimum Gasteiger partial charge on any atom is -0.260 e. The van der Waals surface area contributed by atoms with Gasteiger partial charge in [0.15, 0.2) is 0 Å². The van der Waals surface area contributed by atoms with E-state index < -0.39 is 0 Å². The quantitative estimate of drug-likeness (QED) is 0.769. The van der Waals surface area contributed by atoms with Gasteiger partial charge in [-0.05, 0) is 50.0 Å². The zero-order valence-electron chi connectivity index (χ0n) is 13.0. The van der Waals surface area contributed by atoms with Crippen molar-refractivity contribution in [3.8, 4) is 0 Å². The van der Waals surface area contributed by atoms with Crippen molar-refractivity contribution in [1.82, 2.24) is 5.01 Å². The largest absolute Gasteiger partial charge is 0.260 e. The van der Waals surface area contributed by atoms with Gasteiger partial charge in [0.1, 0.15) is 5.84 Å². The first-order valence-electron chi connectivity index (χ1n) is 7.73. The smallest absolute Gasteiger partial charge is 0.120 e. The maximum atomic E-state index is 4.58. The second-order valence-corrected chi connectivity index (χ2v) is 5.86. The van der Waals surface area contributed by atoms with Crippen molar-refractivity contribution in [3.63, 3.8) is 0 Å². The van der Waals surface area contributed by atoms with E-state index in [9.17, 15) is 0 Å². The number of amidine groups is 1. The van der Waals surface area contributed by atoms with Crippen molar-refractivity contribution in [2.24, 2.45) is 4.99 Å². The molecule has 0 spiro atoms. The molecule has 110 valence electrons. The van der Waals surface area contributed by atoms with E-state index in [-0.39, 0.29) is 0 Å². The maximum Gasteiger partial charge on any atom is 0.120 e. The summed E-state index contributed by atoms with van der Waals surface area (Å²) < 4.78 is 0. The van der Waals surface area contributed by atoms with Crippen molar-refractivity contribution in [1.29, 1.82) is 0 Å². The van der Waals surface area contributed by atoms with Crippen molar-refractivity contribution in [2.45, 2.75) is 33.1 Å². The summed E-state index contributed by atoms with van der Waals surface area (Å²) in [7, 11) is 0. The Bertz CT molecular complexity index is 607. The molecule has 0 amide bonds. The van der Waals surface area contributed by atoms with Gasteiger partial charge < -0.3 is 0 Å². The molecule has 1 fully saturated rings. The molecule has 2 aliphatic heterocycles. The lowest BCUT2D eigenvalue weighted by molar-refractivity contribution is 0.236. The Morgan fingerprint density at radius 3 is 2.62 bits per heavy atom. The Labute approximate surface area is 127 Å². The first-order valence-corrected chi connectivity index (χ1v) is 7.73. The molecule has 3 rings (SSSR count). The zero-order chi connectivity index (χ0) is 14.8. The fraction of sp³-hybridized carbons (Fsp3) is 0.389. The summed E-state index contributed by atoms with van der Waals surface area (Å²) >= 11 is 0. The van der Waals surface area contributed by atoms with Gasteiger partial charge in [0.25, 0.3) is 0 Å². The first kappa shape index (κ1) is 14.1. The Morgan fingerprint density at radius 2 is 1.86 bits per heavy atom. The highest BCUT2D eigenvalue weighted by molar-refractivity contribution is 5.99. The van der Waals surface area contributed by atoms with Crippen LogP contribution in [0.25, 0.3) is 5.57 Å². The second-order valence-electron chi connectivity index (χ2n) is 5.86. The molecular weight excluding hydrogens is 258 g/mol. The van der Waals surface area contributed by atoms with Gasteiger partial charge in [-0.1, -0.05) is 25.1 Å². The van der Waals surface area contributed by atoms with E-state index in [0.29, 0.717) is 0 Å². The number of aryl methyl sites for hydroxylation is 1. The molecule has 0 radical (unpaired) electrons. The third-order valence-electron chi connectivity index (χ3n) is 4.19. The van der Waals surface area contributed by atoms with Crippen LogP contribution in [-0.2, 0) is 0 Å². The van der Waals surface area contributed by atoms with Gasteiger partial charge in [-0.15, -0.1) is 0 Å². The van der Waals surface area contributed by atoms with Crippen LogP contribution in [-0.4, -0.2) is 23.9 Å². The zero-order valence-corrected chi connectivity index (χ0v) is 13.0. The normalized spacial score (nSPS) is 23.8. The average molecular weight is 281 g/mol. The van der Waals surface area contributed by atoms with Crippen molar-refractivity contribution in [3.05, 3.63) is 48.2 Å². The van der Waals surface area contributed by atoms with Crippen molar-refractivity contribution < 1.29 is 0 Å². The van der Waals surface area contributed by atoms with E-state index in [1.807, 2.05) is 12.3 Å². The van der Waals surface area contributed by atoms with Crippen LogP contribution in [0, 0.1) is 6.92 Å². The summed E-state index contributed by atoms with van der Waals surface area (Å²) in [6, 6.07) is 6.57. The molecule has 2 aliphatic rings. The highest BCUT2D eigenvalue weighted by Crippen LogP contribution is 2.32. The van der Waals surface area contributed by atoms with E-state index in [4.69, 9.17) is 0 Å². The molecule has 0 aromatic heterocycles. The highest BCUT2D eigenvalue weighted by atomic mass is 15.6. The molecule has 0 aliphatic carbocycles. The minimum atomic E-state index is 1.02. The lowest BCUT2D eigenvalue weighted by Crippen LogP contribution is -2.48. The fourth-order valence-electron chi connectivity index (χ4n) is 3.08. The van der Waals surface area contributed by atoms with Gasteiger partial charge in [-0.2, -0.15) is 0 Å². The monoisotopic (exact) mass is 281 g/mol. The standard InChI is InChI=1S/C18H23N3/c1-14-7-8-17-15(2)9-10-19-16(3)21(18(17)13-14)20-11-5-4-6-12-20/h7-10,13H,2,4-6,11-12H2,1,3H3/b10-9-,19-16-. The summed E-state index contributed by atoms with van der Waals surface area (Å²) in [5.41, 5.74) is 4.67. The molecule has 1 aromatic carbocycles. The third kappa shape index (κ3) is 2.79. The second kappa shape index (κ2) is 5.86. The van der Waals surface area contributed by atoms with E-state index in [2.05, 4.69) is 53.6 Å². The number of benzene rings is 1. The number of hydrazine groups is 1. The predicted octanol–water partition coefficient (Wildman–Crippen LogP) is 4.16. The topological polar surface area (TPSA) is 18.8 Å². The van der Waals surface area contributed by atoms with Gasteiger partial charge in [-0.25, -0.2) is 10.0 Å². The molecular formula is C18H23N3. The average Bonchev–Trinajstić information content (AvgIpc) is 2.47. The number of anilines is 1. The Kier molecular flexibility index (Phi) is 3.93. The highest BCUT2D eigenvalue weighted by Gasteiger charge is 2.24. The summed E-state index contributed by atoms with van der Waals surface area (Å²) in [6.07, 6.45) is 7.68. The van der Waals surface area contributed by atoms with E-state index in [1.54, 1.807) is 0 Å². The SMILES string of the molecule is C=C1/C=C\N=C(\C)N(N2CCCCC2)c2cc(C)ccc21. The molecule has 3 heteroatoms. The number of hydrogen-bond donors (Lipinski definition) is 0. The van der Waals surface area contributed by atoms with Crippen LogP contribution >= 0.6 is 0 Å². The van der Waals surface area contributed by atoms with Gasteiger partial charge >= 0.3 is 0 Å². The molecule has 0 atom stereocenters. The third-order valence-corrected chi connectivity index (χ3v) is 4.19. The first-order chi connectivity index (χ1) is 10.2. The lowest BCUT2D eigenvalue weighted by atomic mass is 10.0. The van der Waals surface area contributed by atoms with Crippen molar-refractivity contribution in [2.75, 3.05) is 18.1 Å². The Balaban J connectivity index is 2.12. The molecule has 0 N–H and O–H groups in total. The van der Waals surface area contributed by atoms with Gasteiger partial charge in [0.2, 0.25) is 0 Å². The van der Waals surface area contributed by atoms with Crippen LogP contribution in [0.3, 0.4) is 0 Å². The summed E-state index contributed by atoms with van der Waals surface area (Å²) in [6.45, 7) is 10.6. The van der Waals surface area contributed by atoms with Gasteiger partial charge in [0, 0.05) is 24.9 Å². The number of rotatable bonds is 1. The van der Waals surface area contributed by atoms with Crippen LogP contribution in [0.1, 0.15) is 37.3 Å². The summed E-state index contributed by atoms with van der Waals surface area (Å²) in [4.78, 5) is 4.58. The molecule has 1 saturated heterocycles. The van der Waals surface area contributed by atoms with Gasteiger partial charge in [-0.3, -0.25) is 5.01 Å². The molecule has 0 saturated carbocycles. The van der Waals surface area contributed by atoms with Crippen LogP contribution in [0.2, 0.25) is 0 Å². The van der Waals surface area contributed by atoms with E-state index >= 15 is 0 Å². The van der Waals surface area contributed by atoms with Crippen LogP contribution in [0.5, 0.6) is 0 Å². The van der Waals surface area contributed by atoms with Gasteiger partial charge in [0.05, 0.1) is 5.69 Å². The van der Waals surface area contributed by atoms with Crippen molar-refractivity contribution >= 4 is 17.1 Å². The van der Waals surface area contributed by atoms with Crippen LogP contribution in [0.4, 0.5) is 5.69 Å². The minimum absolute atomic E-state index is 1.02. The van der Waals surface area contributed by atoms with E-state index in [0.717, 1.165) is 24.5 Å². The number of aliphatic imine (C=N–C) groups is 1. The maximum absolute atomic E-state index is 4.58. The number of allylic oxidation sites excluding steroid dienone is 2.